The number of benzene rings is 2. The Morgan fingerprint density at radius 2 is 0.776 bits per heavy atom. The molecule has 0 radical (unpaired) electrons. The molecule has 2 heterocycles. The number of carbonyl (C=O) groups is 2. The first-order valence-electron chi connectivity index (χ1n) is 45.0. The number of allylic oxidation sites excluding steroid dienone is 6. The van der Waals surface area contributed by atoms with Gasteiger partial charge < -0.3 is 133 Å². The molecule has 2 aliphatic heterocycles. The Balaban J connectivity index is 0.827. The normalized spacial score (nSPS) is 14.8. The molecule has 4 rings (SSSR count). The van der Waals surface area contributed by atoms with E-state index in [4.69, 9.17) is 118 Å². The van der Waals surface area contributed by atoms with Crippen molar-refractivity contribution in [2.75, 3.05) is 349 Å². The van der Waals surface area contributed by atoms with Gasteiger partial charge >= 0.3 is 5.97 Å². The number of nitrogens with zero attached hydrogens (tertiary/aromatic N) is 2. The quantitative estimate of drug-likeness (QED) is 0.0213. The predicted molar refractivity (Wildman–Crippen MR) is 472 cm³/mol. The summed E-state index contributed by atoms with van der Waals surface area (Å²) in [5, 5.41) is 2.98. The van der Waals surface area contributed by atoms with E-state index in [1.165, 1.54) is 35.7 Å². The molecular weight excluding hydrogens is 1650 g/mol. The maximum absolute atomic E-state index is 12.8. The van der Waals surface area contributed by atoms with Gasteiger partial charge in [0.2, 0.25) is 11.6 Å². The molecule has 0 bridgehead atoms. The van der Waals surface area contributed by atoms with Gasteiger partial charge in [-0.05, 0) is 95.7 Å². The number of hydrogen-bond acceptors (Lipinski definition) is 31. The Labute approximate surface area is 745 Å². The second kappa shape index (κ2) is 76.7. The van der Waals surface area contributed by atoms with Crippen LogP contribution in [0.3, 0.4) is 0 Å². The third-order valence-corrected chi connectivity index (χ3v) is 20.6. The van der Waals surface area contributed by atoms with E-state index in [1.807, 2.05) is 12.2 Å². The van der Waals surface area contributed by atoms with Gasteiger partial charge in [0, 0.05) is 74.0 Å². The average molecular weight is 1800 g/mol. The van der Waals surface area contributed by atoms with E-state index in [-0.39, 0.29) is 22.2 Å². The molecular formula is C91H155N3O30S. The number of anilines is 1. The lowest BCUT2D eigenvalue weighted by Crippen LogP contribution is -2.29. The van der Waals surface area contributed by atoms with Crippen LogP contribution in [0.5, 0.6) is 0 Å². The van der Waals surface area contributed by atoms with Crippen LogP contribution in [-0.4, -0.2) is 380 Å². The molecule has 0 aromatic heterocycles. The number of methoxy groups -OCH3 is 2. The van der Waals surface area contributed by atoms with Gasteiger partial charge in [-0.25, -0.2) is 8.42 Å². The number of esters is 1. The molecule has 33 nitrogen and oxygen atoms in total. The molecule has 0 spiro atoms. The molecule has 0 fully saturated rings. The topological polar surface area (TPSA) is 340 Å². The number of unbranched alkanes of at least 4 members (excludes halogenated alkanes) is 5. The summed E-state index contributed by atoms with van der Waals surface area (Å²) in [4.78, 5) is 26.7. The number of nitrogens with one attached hydrogen (secondary N) is 1. The van der Waals surface area contributed by atoms with Crippen molar-refractivity contribution in [2.24, 2.45) is 0 Å². The van der Waals surface area contributed by atoms with Crippen LogP contribution in [0.1, 0.15) is 115 Å². The summed E-state index contributed by atoms with van der Waals surface area (Å²) < 4.78 is 176. The molecule has 2 aliphatic rings. The minimum atomic E-state index is -4.68. The fourth-order valence-corrected chi connectivity index (χ4v) is 13.6. The molecule has 125 heavy (non-hydrogen) atoms. The van der Waals surface area contributed by atoms with Gasteiger partial charge in [0.15, 0.2) is 5.71 Å². The molecule has 1 unspecified atom stereocenters. The monoisotopic (exact) mass is 1800 g/mol. The Morgan fingerprint density at radius 3 is 1.14 bits per heavy atom. The number of aryl methyl sites for hydroxylation is 1. The van der Waals surface area contributed by atoms with Crippen LogP contribution >= 0.6 is 0 Å². The van der Waals surface area contributed by atoms with E-state index in [0.29, 0.717) is 343 Å². The van der Waals surface area contributed by atoms with Crippen molar-refractivity contribution in [3.8, 4) is 0 Å². The Hall–Kier alpha value is -4.98. The molecule has 2 aromatic carbocycles. The molecule has 2 aromatic rings. The van der Waals surface area contributed by atoms with Crippen molar-refractivity contribution >= 4 is 39.1 Å². The lowest BCUT2D eigenvalue weighted by Gasteiger charge is -2.30. The fraction of sp³-hybridized carbons (Fsp3) is 0.769. The van der Waals surface area contributed by atoms with Crippen LogP contribution in [0, 0.1) is 6.92 Å². The van der Waals surface area contributed by atoms with Crippen molar-refractivity contribution in [3.05, 3.63) is 89.2 Å². The van der Waals surface area contributed by atoms with Gasteiger partial charge in [-0.2, -0.15) is 4.58 Å². The molecule has 720 valence electrons. The first-order chi connectivity index (χ1) is 61.2. The summed E-state index contributed by atoms with van der Waals surface area (Å²) in [6.45, 7) is 35.4. The zero-order valence-corrected chi connectivity index (χ0v) is 77.4. The first-order valence-corrected chi connectivity index (χ1v) is 46.4. The van der Waals surface area contributed by atoms with E-state index in [1.54, 1.807) is 19.2 Å². The van der Waals surface area contributed by atoms with E-state index < -0.39 is 15.5 Å². The highest BCUT2D eigenvalue weighted by Crippen LogP contribution is 2.52. The van der Waals surface area contributed by atoms with Crippen LogP contribution in [-0.2, 0) is 149 Å². The van der Waals surface area contributed by atoms with Crippen LogP contribution in [0.4, 0.5) is 11.4 Å². The summed E-state index contributed by atoms with van der Waals surface area (Å²) in [7, 11) is -1.64. The Kier molecular flexibility index (Phi) is 68.9. The Bertz CT molecular complexity index is 3230. The molecule has 0 saturated heterocycles. The SMILES string of the molecule is CCCCN1C(=CC=CC=CC2=[N+](CCCCCC(=O)NCCOCCOCCOCCOCCOCCOCCOCCOCCOCCOCCOCCOCCOCCOCCOCCOCCOCCOCCOCCOCCOCCOCCOCCOC)c3ccc(C)cc3C2(C)C)C(C)(CCCCCC(=O)OC)c2cc(S(=O)(=O)[O-])ccc21. The van der Waals surface area contributed by atoms with Crippen LogP contribution in [0.15, 0.2) is 77.4 Å². The third kappa shape index (κ3) is 55.1. The number of carbonyl (C=O) groups excluding carboxylic acids is 2. The van der Waals surface area contributed by atoms with E-state index in [2.05, 4.69) is 85.8 Å². The number of rotatable bonds is 91. The van der Waals surface area contributed by atoms with E-state index in [0.717, 1.165) is 75.0 Å². The van der Waals surface area contributed by atoms with E-state index in [9.17, 15) is 22.6 Å². The maximum atomic E-state index is 12.8. The minimum absolute atomic E-state index is 0.00829. The van der Waals surface area contributed by atoms with Crippen LogP contribution in [0.2, 0.25) is 0 Å². The Morgan fingerprint density at radius 1 is 0.416 bits per heavy atom. The van der Waals surface area contributed by atoms with E-state index >= 15 is 0 Å². The molecule has 1 atom stereocenters. The highest BCUT2D eigenvalue weighted by molar-refractivity contribution is 7.85. The second-order valence-corrected chi connectivity index (χ2v) is 31.2. The summed E-state index contributed by atoms with van der Waals surface area (Å²) in [6.07, 6.45) is 18.7. The number of ether oxygens (including phenoxy) is 25. The highest BCUT2D eigenvalue weighted by atomic mass is 32.2. The molecule has 34 heteroatoms. The minimum Gasteiger partial charge on any atom is -0.744 e. The maximum Gasteiger partial charge on any atom is 0.305 e. The highest BCUT2D eigenvalue weighted by Gasteiger charge is 2.45. The zero-order chi connectivity index (χ0) is 89.7. The van der Waals surface area contributed by atoms with Gasteiger partial charge in [-0.15, -0.1) is 0 Å². The number of hydrogen-bond donors (Lipinski definition) is 1. The van der Waals surface area contributed by atoms with Gasteiger partial charge in [-0.1, -0.05) is 56.0 Å². The number of fused-ring (bicyclic) bond motifs is 2. The molecule has 0 aliphatic carbocycles. The first kappa shape index (κ1) is 112. The largest absolute Gasteiger partial charge is 0.744 e. The van der Waals surface area contributed by atoms with Crippen LogP contribution in [0.25, 0.3) is 0 Å². The van der Waals surface area contributed by atoms with Gasteiger partial charge in [0.05, 0.1) is 328 Å². The smallest absolute Gasteiger partial charge is 0.305 e. The van der Waals surface area contributed by atoms with Gasteiger partial charge in [-0.3, -0.25) is 9.59 Å². The van der Waals surface area contributed by atoms with Crippen molar-refractivity contribution in [1.29, 1.82) is 0 Å². The molecule has 1 N–H and O–H groups in total. The summed E-state index contributed by atoms with van der Waals surface area (Å²) in [5.74, 6) is -0.232. The lowest BCUT2D eigenvalue weighted by atomic mass is 9.77. The summed E-state index contributed by atoms with van der Waals surface area (Å²) in [6, 6.07) is 11.4. The van der Waals surface area contributed by atoms with Crippen molar-refractivity contribution in [2.45, 2.75) is 121 Å². The summed E-state index contributed by atoms with van der Waals surface area (Å²) in [5.41, 5.74) is 6.80. The van der Waals surface area contributed by atoms with Gasteiger partial charge in [0.1, 0.15) is 16.7 Å². The van der Waals surface area contributed by atoms with Gasteiger partial charge in [0.25, 0.3) is 0 Å². The lowest BCUT2D eigenvalue weighted by molar-refractivity contribution is -0.438. The third-order valence-electron chi connectivity index (χ3n) is 19.8. The van der Waals surface area contributed by atoms with Crippen molar-refractivity contribution < 1.29 is 146 Å². The van der Waals surface area contributed by atoms with Crippen molar-refractivity contribution in [3.63, 3.8) is 0 Å². The van der Waals surface area contributed by atoms with Crippen molar-refractivity contribution in [1.82, 2.24) is 5.32 Å². The van der Waals surface area contributed by atoms with Crippen LogP contribution < -0.4 is 10.2 Å². The molecule has 1 amide bonds. The zero-order valence-electron chi connectivity index (χ0n) is 76.5. The summed E-state index contributed by atoms with van der Waals surface area (Å²) >= 11 is 0. The molecule has 0 saturated carbocycles. The standard InChI is InChI=1S/C91H155N3O30S/c1-8-9-29-94-85-26-24-81(125(97,98)99)79-83(85)91(5,27-17-11-16-22-89(96)101-7)87(94)20-14-10-13-19-86-90(3,4)82-78-80(2)23-25-84(82)93(86)30-18-12-15-21-88(95)92-28-31-102-34-35-104-38-39-106-42-43-108-46-47-110-50-51-112-54-55-114-58-59-116-62-63-118-66-67-120-70-71-122-74-75-124-77-76-123-73-72-121-69-68-119-65-64-117-61-60-115-57-56-113-53-52-111-49-48-109-45-44-107-41-40-105-37-36-103-33-32-100-6/h10,13-14,19-20,23-26,78-79H,8-9,11-12,15-18,21-22,27-77H2,1-7H3,(H-,92,95,97,98,99). The predicted octanol–water partition coefficient (Wildman–Crippen LogP) is 8.68. The number of amides is 1. The fourth-order valence-electron chi connectivity index (χ4n) is 13.1. The second-order valence-electron chi connectivity index (χ2n) is 29.8. The average Bonchev–Trinajstić information content (AvgIpc) is 1.59.